The average molecular weight is 245 g/mol. The van der Waals surface area contributed by atoms with Gasteiger partial charge in [0.05, 0.1) is 0 Å². The summed E-state index contributed by atoms with van der Waals surface area (Å²) in [6.07, 6.45) is 9.72. The molecule has 1 aromatic carbocycles. The molecular formula is C17H27N. The van der Waals surface area contributed by atoms with Gasteiger partial charge >= 0.3 is 0 Å². The third-order valence-electron chi connectivity index (χ3n) is 4.21. The van der Waals surface area contributed by atoms with Crippen molar-refractivity contribution < 1.29 is 0 Å². The highest BCUT2D eigenvalue weighted by Crippen LogP contribution is 2.28. The van der Waals surface area contributed by atoms with E-state index in [1.54, 1.807) is 0 Å². The molecule has 1 aliphatic rings. The predicted octanol–water partition coefficient (Wildman–Crippen LogP) is 5.16. The molecule has 0 heterocycles. The molecule has 1 N–H and O–H groups in total. The number of benzene rings is 1. The maximum Gasteiger partial charge on any atom is 0.0342 e. The molecule has 1 heteroatoms. The zero-order chi connectivity index (χ0) is 12.8. The molecule has 0 spiro atoms. The van der Waals surface area contributed by atoms with E-state index in [1.807, 2.05) is 0 Å². The Morgan fingerprint density at radius 1 is 1.06 bits per heavy atom. The van der Waals surface area contributed by atoms with Gasteiger partial charge in [-0.1, -0.05) is 50.3 Å². The van der Waals surface area contributed by atoms with E-state index in [2.05, 4.69) is 43.4 Å². The van der Waals surface area contributed by atoms with Gasteiger partial charge in [-0.15, -0.1) is 0 Å². The van der Waals surface area contributed by atoms with Gasteiger partial charge in [-0.25, -0.2) is 0 Å². The molecule has 2 rings (SSSR count). The van der Waals surface area contributed by atoms with Crippen LogP contribution in [0.4, 0.5) is 5.69 Å². The topological polar surface area (TPSA) is 12.0 Å². The lowest BCUT2D eigenvalue weighted by Crippen LogP contribution is -2.18. The molecule has 0 radical (unpaired) electrons. The minimum Gasteiger partial charge on any atom is -0.382 e. The van der Waals surface area contributed by atoms with Crippen LogP contribution in [0.3, 0.4) is 0 Å². The van der Waals surface area contributed by atoms with E-state index in [4.69, 9.17) is 0 Å². The van der Waals surface area contributed by atoms with Crippen molar-refractivity contribution in [1.29, 1.82) is 0 Å². The van der Waals surface area contributed by atoms with Gasteiger partial charge in [0.15, 0.2) is 0 Å². The summed E-state index contributed by atoms with van der Waals surface area (Å²) in [5.74, 6) is 0.986. The Labute approximate surface area is 112 Å². The second kappa shape index (κ2) is 6.82. The highest BCUT2D eigenvalue weighted by atomic mass is 14.9. The Balaban J connectivity index is 1.84. The highest BCUT2D eigenvalue weighted by molar-refractivity contribution is 5.45. The fourth-order valence-electron chi connectivity index (χ4n) is 3.11. The van der Waals surface area contributed by atoms with Crippen LogP contribution in [0.15, 0.2) is 24.3 Å². The second-order valence-corrected chi connectivity index (χ2v) is 5.87. The first-order valence-electron chi connectivity index (χ1n) is 7.61. The predicted molar refractivity (Wildman–Crippen MR) is 80.1 cm³/mol. The molecule has 0 bridgehead atoms. The van der Waals surface area contributed by atoms with Crippen LogP contribution in [-0.2, 0) is 0 Å². The Hall–Kier alpha value is -0.980. The molecule has 0 amide bonds. The van der Waals surface area contributed by atoms with Gasteiger partial charge in [0.1, 0.15) is 0 Å². The average Bonchev–Trinajstić information content (AvgIpc) is 2.59. The second-order valence-electron chi connectivity index (χ2n) is 5.87. The maximum absolute atomic E-state index is 3.71. The molecule has 100 valence electrons. The normalized spacial score (nSPS) is 24.6. The first kappa shape index (κ1) is 13.5. The molecule has 1 aliphatic carbocycles. The summed E-state index contributed by atoms with van der Waals surface area (Å²) in [5.41, 5.74) is 2.63. The van der Waals surface area contributed by atoms with Crippen LogP contribution in [0, 0.1) is 12.8 Å². The van der Waals surface area contributed by atoms with Crippen molar-refractivity contribution >= 4 is 5.69 Å². The molecule has 0 saturated heterocycles. The van der Waals surface area contributed by atoms with Gasteiger partial charge in [-0.05, 0) is 44.2 Å². The minimum atomic E-state index is 0.689. The molecule has 2 atom stereocenters. The summed E-state index contributed by atoms with van der Waals surface area (Å²) >= 11 is 0. The molecule has 2 unspecified atom stereocenters. The van der Waals surface area contributed by atoms with Gasteiger partial charge in [-0.2, -0.15) is 0 Å². The quantitative estimate of drug-likeness (QED) is 0.723. The first-order chi connectivity index (χ1) is 8.78. The van der Waals surface area contributed by atoms with Crippen molar-refractivity contribution in [2.24, 2.45) is 5.92 Å². The van der Waals surface area contributed by atoms with E-state index >= 15 is 0 Å². The number of hydrogen-bond donors (Lipinski definition) is 1. The molecule has 1 saturated carbocycles. The van der Waals surface area contributed by atoms with Crippen molar-refractivity contribution in [1.82, 2.24) is 0 Å². The lowest BCUT2D eigenvalue weighted by atomic mass is 9.95. The minimum absolute atomic E-state index is 0.689. The van der Waals surface area contributed by atoms with E-state index in [-0.39, 0.29) is 0 Å². The van der Waals surface area contributed by atoms with E-state index in [1.165, 1.54) is 56.2 Å². The van der Waals surface area contributed by atoms with E-state index in [0.29, 0.717) is 6.04 Å². The van der Waals surface area contributed by atoms with Crippen molar-refractivity contribution in [3.8, 4) is 0 Å². The van der Waals surface area contributed by atoms with Gasteiger partial charge in [0.25, 0.3) is 0 Å². The van der Waals surface area contributed by atoms with Crippen LogP contribution in [0.1, 0.15) is 57.4 Å². The van der Waals surface area contributed by atoms with Gasteiger partial charge in [0.2, 0.25) is 0 Å². The molecule has 18 heavy (non-hydrogen) atoms. The van der Waals surface area contributed by atoms with Gasteiger partial charge in [-0.3, -0.25) is 0 Å². The Morgan fingerprint density at radius 3 is 2.56 bits per heavy atom. The summed E-state index contributed by atoms with van der Waals surface area (Å²) in [6.45, 7) is 4.46. The molecule has 0 aromatic heterocycles. The lowest BCUT2D eigenvalue weighted by Gasteiger charge is -2.18. The lowest BCUT2D eigenvalue weighted by molar-refractivity contribution is 0.422. The largest absolute Gasteiger partial charge is 0.382 e. The van der Waals surface area contributed by atoms with Crippen LogP contribution in [0.5, 0.6) is 0 Å². The fraction of sp³-hybridized carbons (Fsp3) is 0.647. The number of anilines is 1. The number of hydrogen-bond acceptors (Lipinski definition) is 1. The van der Waals surface area contributed by atoms with Gasteiger partial charge in [0, 0.05) is 11.7 Å². The Bertz CT molecular complexity index is 341. The van der Waals surface area contributed by atoms with E-state index in [9.17, 15) is 0 Å². The summed E-state index contributed by atoms with van der Waals surface area (Å²) in [5, 5.41) is 3.71. The number of aryl methyl sites for hydroxylation is 1. The molecule has 1 nitrogen and oxygen atoms in total. The van der Waals surface area contributed by atoms with Crippen molar-refractivity contribution in [2.75, 3.05) is 5.32 Å². The molecular weight excluding hydrogens is 218 g/mol. The van der Waals surface area contributed by atoms with Crippen LogP contribution in [0.2, 0.25) is 0 Å². The molecule has 1 fully saturated rings. The van der Waals surface area contributed by atoms with Crippen LogP contribution in [0.25, 0.3) is 0 Å². The van der Waals surface area contributed by atoms with Crippen molar-refractivity contribution in [3.63, 3.8) is 0 Å². The third-order valence-corrected chi connectivity index (χ3v) is 4.21. The number of nitrogens with one attached hydrogen (secondary N) is 1. The maximum atomic E-state index is 3.71. The van der Waals surface area contributed by atoms with Crippen LogP contribution in [-0.4, -0.2) is 6.04 Å². The van der Waals surface area contributed by atoms with Crippen LogP contribution < -0.4 is 5.32 Å². The monoisotopic (exact) mass is 245 g/mol. The summed E-state index contributed by atoms with van der Waals surface area (Å²) in [6, 6.07) is 9.50. The van der Waals surface area contributed by atoms with E-state index in [0.717, 1.165) is 5.92 Å². The van der Waals surface area contributed by atoms with E-state index < -0.39 is 0 Å². The Kier molecular flexibility index (Phi) is 5.10. The molecule has 0 aliphatic heterocycles. The zero-order valence-electron chi connectivity index (χ0n) is 11.9. The smallest absolute Gasteiger partial charge is 0.0342 e. The summed E-state index contributed by atoms with van der Waals surface area (Å²) < 4.78 is 0. The number of rotatable bonds is 4. The van der Waals surface area contributed by atoms with Crippen LogP contribution >= 0.6 is 0 Å². The van der Waals surface area contributed by atoms with Crippen molar-refractivity contribution in [2.45, 2.75) is 64.8 Å². The van der Waals surface area contributed by atoms with Crippen molar-refractivity contribution in [3.05, 3.63) is 29.8 Å². The zero-order valence-corrected chi connectivity index (χ0v) is 11.9. The van der Waals surface area contributed by atoms with Gasteiger partial charge < -0.3 is 5.32 Å². The SMILES string of the molecule is CCCC1CCCC(Nc2ccc(C)cc2)CC1. The summed E-state index contributed by atoms with van der Waals surface area (Å²) in [7, 11) is 0. The third kappa shape index (κ3) is 4.04. The summed E-state index contributed by atoms with van der Waals surface area (Å²) in [4.78, 5) is 0. The standard InChI is InChI=1S/C17H27N/c1-3-5-15-6-4-7-16(13-10-15)18-17-11-8-14(2)9-12-17/h8-9,11-12,15-16,18H,3-7,10,13H2,1-2H3. The first-order valence-corrected chi connectivity index (χ1v) is 7.61. The fourth-order valence-corrected chi connectivity index (χ4v) is 3.11. The molecule has 1 aromatic rings. The Morgan fingerprint density at radius 2 is 1.83 bits per heavy atom. The highest BCUT2D eigenvalue weighted by Gasteiger charge is 2.17.